The lowest BCUT2D eigenvalue weighted by atomic mass is 9.89. The van der Waals surface area contributed by atoms with E-state index in [9.17, 15) is 14.4 Å². The van der Waals surface area contributed by atoms with E-state index in [2.05, 4.69) is 17.4 Å². The first-order chi connectivity index (χ1) is 18.5. The number of oxime groups is 1. The van der Waals surface area contributed by atoms with E-state index in [0.29, 0.717) is 12.8 Å². The highest BCUT2D eigenvalue weighted by Gasteiger charge is 2.31. The van der Waals surface area contributed by atoms with Gasteiger partial charge in [-0.2, -0.15) is 0 Å². The molecule has 0 saturated heterocycles. The van der Waals surface area contributed by atoms with Crippen molar-refractivity contribution in [3.63, 3.8) is 0 Å². The number of carboxylic acids is 1. The van der Waals surface area contributed by atoms with Gasteiger partial charge in [-0.05, 0) is 63.7 Å². The smallest absolute Gasteiger partial charge is 0.303 e. The van der Waals surface area contributed by atoms with Gasteiger partial charge >= 0.3 is 5.97 Å². The highest BCUT2D eigenvalue weighted by Crippen LogP contribution is 2.35. The van der Waals surface area contributed by atoms with Gasteiger partial charge in [0.25, 0.3) is 0 Å². The number of carboxylic acid groups (broad SMARTS) is 1. The molecule has 3 aliphatic rings. The molecule has 220 valence electrons. The summed E-state index contributed by atoms with van der Waals surface area (Å²) in [5.41, 5.74) is 0.835. The number of halogens is 1. The molecule has 5 nitrogen and oxygen atoms in total. The third-order valence-corrected chi connectivity index (χ3v) is 8.80. The average molecular weight is 537 g/mol. The number of allylic oxidation sites excluding steroid dienone is 2. The summed E-state index contributed by atoms with van der Waals surface area (Å²) in [6.45, 7) is 2.11. The van der Waals surface area contributed by atoms with Crippen molar-refractivity contribution in [3.8, 4) is 0 Å². The van der Waals surface area contributed by atoms with Crippen LogP contribution in [-0.4, -0.2) is 40.3 Å². The first kappa shape index (κ1) is 32.8. The monoisotopic (exact) mass is 536 g/mol. The molecule has 0 heterocycles. The summed E-state index contributed by atoms with van der Waals surface area (Å²) in [5, 5.41) is 25.1. The lowest BCUT2D eigenvalue weighted by molar-refractivity contribution is -0.137. The minimum atomic E-state index is -0.877. The number of carbonyl (C=O) groups is 1. The fraction of sp³-hybridized carbons (Fsp3) is 0.875. The van der Waals surface area contributed by atoms with E-state index < -0.39 is 12.1 Å². The molecular formula is C32H57FN2O3. The topological polar surface area (TPSA) is 81.9 Å². The standard InChI is InChI=1S/C20H34FNO3.C12H23N/c1-2-3-6-9-17(21)14-12-16-13-15-19(22-25)18(16)10-7-4-5-8-11-20(23)24;1-3-7-11(8-4-1)13-12-9-5-2-6-10-12/h12,14,16-18,25H,2-11,13,15H2,1H3,(H,23,24);11-13H,1-10H2/b14-12+,22-19?;/t16-,17?,18+;/m0./s1. The Labute approximate surface area is 232 Å². The Morgan fingerprint density at radius 3 is 2.16 bits per heavy atom. The molecule has 3 rings (SSSR count). The Balaban J connectivity index is 0.000000323. The summed E-state index contributed by atoms with van der Waals surface area (Å²) in [6, 6.07) is 1.74. The van der Waals surface area contributed by atoms with Crippen LogP contribution < -0.4 is 5.32 Å². The zero-order valence-corrected chi connectivity index (χ0v) is 24.2. The van der Waals surface area contributed by atoms with Gasteiger partial charge < -0.3 is 15.6 Å². The maximum Gasteiger partial charge on any atom is 0.303 e. The van der Waals surface area contributed by atoms with Crippen molar-refractivity contribution in [1.29, 1.82) is 0 Å². The van der Waals surface area contributed by atoms with Gasteiger partial charge in [-0.25, -0.2) is 4.39 Å². The number of rotatable bonds is 15. The maximum absolute atomic E-state index is 13.9. The summed E-state index contributed by atoms with van der Waals surface area (Å²) in [7, 11) is 0. The van der Waals surface area contributed by atoms with Gasteiger partial charge in [0.2, 0.25) is 0 Å². The Kier molecular flexibility index (Phi) is 17.7. The van der Waals surface area contributed by atoms with E-state index in [0.717, 1.165) is 75.6 Å². The number of nitrogens with one attached hydrogen (secondary N) is 1. The molecule has 3 aliphatic carbocycles. The largest absolute Gasteiger partial charge is 0.481 e. The van der Waals surface area contributed by atoms with E-state index in [1.165, 1.54) is 64.2 Å². The minimum absolute atomic E-state index is 0.198. The lowest BCUT2D eigenvalue weighted by Gasteiger charge is -2.30. The molecule has 0 spiro atoms. The highest BCUT2D eigenvalue weighted by molar-refractivity contribution is 5.88. The summed E-state index contributed by atoms with van der Waals surface area (Å²) < 4.78 is 13.9. The predicted molar refractivity (Wildman–Crippen MR) is 156 cm³/mol. The number of unbranched alkanes of at least 4 members (excludes halogenated alkanes) is 5. The van der Waals surface area contributed by atoms with Crippen LogP contribution in [-0.2, 0) is 4.79 Å². The SMILES string of the molecule is C1CCC(NC2CCCCC2)CC1.CCCCCC(F)/C=C/[C@H]1CCC(=NO)[C@@H]1CCCCCCC(=O)O. The summed E-state index contributed by atoms with van der Waals surface area (Å²) in [4.78, 5) is 10.5. The number of nitrogens with zero attached hydrogens (tertiary/aromatic N) is 1. The molecule has 0 amide bonds. The normalized spacial score (nSPS) is 24.9. The van der Waals surface area contributed by atoms with Gasteiger partial charge in [0.15, 0.2) is 0 Å². The van der Waals surface area contributed by atoms with Crippen molar-refractivity contribution in [2.75, 3.05) is 0 Å². The van der Waals surface area contributed by atoms with Gasteiger partial charge in [-0.3, -0.25) is 4.79 Å². The second-order valence-corrected chi connectivity index (χ2v) is 12.0. The predicted octanol–water partition coefficient (Wildman–Crippen LogP) is 8.98. The molecule has 3 atom stereocenters. The van der Waals surface area contributed by atoms with Crippen LogP contribution in [0, 0.1) is 11.8 Å². The van der Waals surface area contributed by atoms with Gasteiger partial charge in [-0.15, -0.1) is 0 Å². The molecule has 3 saturated carbocycles. The summed E-state index contributed by atoms with van der Waals surface area (Å²) >= 11 is 0. The van der Waals surface area contributed by atoms with Crippen molar-refractivity contribution >= 4 is 11.7 Å². The van der Waals surface area contributed by atoms with Crippen LogP contribution in [0.2, 0.25) is 0 Å². The Morgan fingerprint density at radius 2 is 1.58 bits per heavy atom. The molecule has 0 bridgehead atoms. The van der Waals surface area contributed by atoms with Crippen molar-refractivity contribution in [2.45, 2.75) is 166 Å². The molecular weight excluding hydrogens is 479 g/mol. The number of aliphatic carboxylic acids is 1. The summed E-state index contributed by atoms with van der Waals surface area (Å²) in [5.74, 6) is -0.284. The number of hydrogen-bond acceptors (Lipinski definition) is 4. The molecule has 6 heteroatoms. The molecule has 38 heavy (non-hydrogen) atoms. The molecule has 0 aromatic carbocycles. The third-order valence-electron chi connectivity index (χ3n) is 8.80. The average Bonchev–Trinajstić information content (AvgIpc) is 3.32. The van der Waals surface area contributed by atoms with Crippen molar-refractivity contribution in [2.24, 2.45) is 17.0 Å². The molecule has 0 aromatic heterocycles. The molecule has 0 aromatic rings. The van der Waals surface area contributed by atoms with Crippen molar-refractivity contribution in [3.05, 3.63) is 12.2 Å². The second-order valence-electron chi connectivity index (χ2n) is 12.0. The Hall–Kier alpha value is -1.43. The third kappa shape index (κ3) is 14.1. The van der Waals surface area contributed by atoms with Crippen molar-refractivity contribution < 1.29 is 19.5 Å². The van der Waals surface area contributed by atoms with Crippen LogP contribution in [0.25, 0.3) is 0 Å². The zero-order chi connectivity index (χ0) is 27.4. The zero-order valence-electron chi connectivity index (χ0n) is 24.2. The van der Waals surface area contributed by atoms with E-state index in [1.807, 2.05) is 6.08 Å². The molecule has 0 aliphatic heterocycles. The fourth-order valence-electron chi connectivity index (χ4n) is 6.50. The second kappa shape index (κ2) is 20.5. The maximum atomic E-state index is 13.9. The molecule has 0 radical (unpaired) electrons. The first-order valence-corrected chi connectivity index (χ1v) is 16.0. The Bertz CT molecular complexity index is 656. The van der Waals surface area contributed by atoms with E-state index in [1.54, 1.807) is 6.08 Å². The highest BCUT2D eigenvalue weighted by atomic mass is 19.1. The van der Waals surface area contributed by atoms with Gasteiger partial charge in [0.1, 0.15) is 6.17 Å². The van der Waals surface area contributed by atoms with Gasteiger partial charge in [-0.1, -0.05) is 101 Å². The molecule has 1 unspecified atom stereocenters. The van der Waals surface area contributed by atoms with Crippen LogP contribution in [0.1, 0.15) is 148 Å². The fourth-order valence-corrected chi connectivity index (χ4v) is 6.50. The van der Waals surface area contributed by atoms with Gasteiger partial charge in [0, 0.05) is 24.4 Å². The first-order valence-electron chi connectivity index (χ1n) is 16.0. The summed E-state index contributed by atoms with van der Waals surface area (Å²) in [6.07, 6.45) is 27.5. The Morgan fingerprint density at radius 1 is 0.947 bits per heavy atom. The van der Waals surface area contributed by atoms with E-state index >= 15 is 0 Å². The van der Waals surface area contributed by atoms with E-state index in [4.69, 9.17) is 5.11 Å². The van der Waals surface area contributed by atoms with Crippen LogP contribution >= 0.6 is 0 Å². The minimum Gasteiger partial charge on any atom is -0.481 e. The lowest BCUT2D eigenvalue weighted by Crippen LogP contribution is -2.40. The van der Waals surface area contributed by atoms with Gasteiger partial charge in [0.05, 0.1) is 5.71 Å². The van der Waals surface area contributed by atoms with Crippen molar-refractivity contribution in [1.82, 2.24) is 5.32 Å². The molecule has 3 fully saturated rings. The van der Waals surface area contributed by atoms with Crippen LogP contribution in [0.4, 0.5) is 4.39 Å². The number of alkyl halides is 1. The van der Waals surface area contributed by atoms with E-state index in [-0.39, 0.29) is 18.3 Å². The van der Waals surface area contributed by atoms with Crippen LogP contribution in [0.5, 0.6) is 0 Å². The van der Waals surface area contributed by atoms with Crippen LogP contribution in [0.3, 0.4) is 0 Å². The van der Waals surface area contributed by atoms with Crippen LogP contribution in [0.15, 0.2) is 17.3 Å². The molecule has 3 N–H and O–H groups in total. The quantitative estimate of drug-likeness (QED) is 0.0844. The number of hydrogen-bond donors (Lipinski definition) is 3.